The van der Waals surface area contributed by atoms with Gasteiger partial charge >= 0.3 is 0 Å². The molecule has 0 fully saturated rings. The molecular weight excluding hydrogens is 844 g/mol. The molecule has 0 amide bonds. The minimum absolute atomic E-state index is 0.0410. The van der Waals surface area contributed by atoms with Gasteiger partial charge in [-0.05, 0) is 109 Å². The van der Waals surface area contributed by atoms with Gasteiger partial charge in [-0.25, -0.2) is 8.42 Å². The molecule has 0 atom stereocenters. The Balaban J connectivity index is 1.24. The van der Waals surface area contributed by atoms with Crippen LogP contribution in [0.2, 0.25) is 10.0 Å². The van der Waals surface area contributed by atoms with Crippen molar-refractivity contribution in [3.05, 3.63) is 142 Å². The van der Waals surface area contributed by atoms with E-state index in [1.807, 2.05) is 12.1 Å². The third-order valence-electron chi connectivity index (χ3n) is 7.74. The topological polar surface area (TPSA) is 227 Å². The van der Waals surface area contributed by atoms with Gasteiger partial charge in [0.25, 0.3) is 20.2 Å². The molecule has 6 aromatic rings. The highest BCUT2D eigenvalue weighted by atomic mass is 35.5. The maximum absolute atomic E-state index is 13.7. The maximum Gasteiger partial charge on any atom is 0.298 e. The second kappa shape index (κ2) is 16.1. The SMILES string of the molecule is N#Cc1c(Cl)cccc1Oc1ccc(Oc2ccc(S(=O)(=O)c3ccc(Oc4ccc(Oc5cccc(Cl)c5C#N)cc4)c(S(=O)(=O)O)c3)cc2S(=O)(=O)O)cc1. The van der Waals surface area contributed by atoms with Crippen LogP contribution in [0.15, 0.2) is 141 Å². The number of hydrogen-bond donors (Lipinski definition) is 2. The average molecular weight is 866 g/mol. The second-order valence-corrected chi connectivity index (χ2v) is 17.0. The highest BCUT2D eigenvalue weighted by molar-refractivity contribution is 7.91. The highest BCUT2D eigenvalue weighted by Gasteiger charge is 2.28. The van der Waals surface area contributed by atoms with E-state index in [1.54, 1.807) is 12.1 Å². The van der Waals surface area contributed by atoms with E-state index in [0.29, 0.717) is 12.1 Å². The van der Waals surface area contributed by atoms with Crippen LogP contribution in [0.1, 0.15) is 11.1 Å². The number of halogens is 2. The zero-order valence-electron chi connectivity index (χ0n) is 28.4. The summed E-state index contributed by atoms with van der Waals surface area (Å²) < 4.78 is 120. The first-order chi connectivity index (χ1) is 27.0. The molecule has 0 heterocycles. The van der Waals surface area contributed by atoms with Crippen LogP contribution >= 0.6 is 23.2 Å². The van der Waals surface area contributed by atoms with Gasteiger partial charge in [-0.3, -0.25) is 9.11 Å². The van der Waals surface area contributed by atoms with Gasteiger partial charge in [0.1, 0.15) is 79.1 Å². The van der Waals surface area contributed by atoms with Crippen LogP contribution in [0, 0.1) is 22.7 Å². The summed E-state index contributed by atoms with van der Waals surface area (Å²) in [7, 11) is -15.0. The molecule has 0 saturated heterocycles. The van der Waals surface area contributed by atoms with Crippen molar-refractivity contribution in [2.45, 2.75) is 19.6 Å². The third kappa shape index (κ3) is 9.12. The van der Waals surface area contributed by atoms with Gasteiger partial charge in [0.05, 0.1) is 19.8 Å². The van der Waals surface area contributed by atoms with Crippen LogP contribution in [0.25, 0.3) is 0 Å². The average Bonchev–Trinajstić information content (AvgIpc) is 3.16. The Morgan fingerprint density at radius 1 is 0.456 bits per heavy atom. The molecule has 14 nitrogen and oxygen atoms in total. The lowest BCUT2D eigenvalue weighted by atomic mass is 10.2. The largest absolute Gasteiger partial charge is 0.456 e. The van der Waals surface area contributed by atoms with Crippen LogP contribution in [-0.2, 0) is 30.1 Å². The number of rotatable bonds is 12. The fourth-order valence-electron chi connectivity index (χ4n) is 5.07. The summed E-state index contributed by atoms with van der Waals surface area (Å²) in [6, 6.07) is 29.5. The normalized spacial score (nSPS) is 11.5. The van der Waals surface area contributed by atoms with E-state index >= 15 is 0 Å². The van der Waals surface area contributed by atoms with E-state index in [2.05, 4.69) is 0 Å². The standard InChI is InChI=1S/C38H22Cl2N2O12S3/c39-31-3-1-5-33(29(31)21-41)51-23-7-11-25(12-8-23)53-35-17-15-27(19-37(35)56(45,46)47)55(43,44)28-16-18-36(38(20-28)57(48,49)50)54-26-13-9-24(10-14-26)52-34-6-2-4-32(40)30(34)22-42/h1-20H,(H,45,46,47)(H,48,49,50). The van der Waals surface area contributed by atoms with Crippen molar-refractivity contribution < 1.29 is 53.3 Å². The van der Waals surface area contributed by atoms with Crippen LogP contribution in [0.4, 0.5) is 0 Å². The summed E-state index contributed by atoms with van der Waals surface area (Å²) >= 11 is 12.1. The second-order valence-electron chi connectivity index (χ2n) is 11.5. The zero-order chi connectivity index (χ0) is 41.1. The lowest BCUT2D eigenvalue weighted by Gasteiger charge is -2.14. The van der Waals surface area contributed by atoms with Gasteiger partial charge < -0.3 is 18.9 Å². The molecule has 0 unspecified atom stereocenters. The van der Waals surface area contributed by atoms with E-state index < -0.39 is 61.2 Å². The summed E-state index contributed by atoms with van der Waals surface area (Å²) in [6.07, 6.45) is 0. The van der Waals surface area contributed by atoms with E-state index in [4.69, 9.17) is 42.1 Å². The van der Waals surface area contributed by atoms with Crippen molar-refractivity contribution in [3.8, 4) is 58.1 Å². The van der Waals surface area contributed by atoms with E-state index in [0.717, 1.165) is 24.3 Å². The summed E-state index contributed by atoms with van der Waals surface area (Å²) in [6.45, 7) is 0. The fourth-order valence-corrected chi connectivity index (χ4v) is 8.23. The van der Waals surface area contributed by atoms with Crippen LogP contribution in [0.5, 0.6) is 46.0 Å². The third-order valence-corrected chi connectivity index (χ3v) is 11.9. The molecule has 0 aliphatic carbocycles. The molecule has 0 aromatic heterocycles. The minimum Gasteiger partial charge on any atom is -0.456 e. The molecule has 0 radical (unpaired) electrons. The first-order valence-electron chi connectivity index (χ1n) is 15.7. The molecule has 57 heavy (non-hydrogen) atoms. The fraction of sp³-hybridized carbons (Fsp3) is 0. The number of hydrogen-bond acceptors (Lipinski definition) is 12. The quantitative estimate of drug-likeness (QED) is 0.109. The van der Waals surface area contributed by atoms with Gasteiger partial charge in [-0.1, -0.05) is 35.3 Å². The monoisotopic (exact) mass is 864 g/mol. The smallest absolute Gasteiger partial charge is 0.298 e. The lowest BCUT2D eigenvalue weighted by molar-refractivity contribution is 0.445. The molecule has 6 rings (SSSR count). The first kappa shape index (κ1) is 40.5. The minimum atomic E-state index is -5.12. The van der Waals surface area contributed by atoms with E-state index in [-0.39, 0.29) is 55.7 Å². The summed E-state index contributed by atoms with van der Waals surface area (Å²) in [4.78, 5) is -3.26. The van der Waals surface area contributed by atoms with E-state index in [1.165, 1.54) is 72.8 Å². The number of nitrogens with zero attached hydrogens (tertiary/aromatic N) is 2. The Bertz CT molecular complexity index is 2770. The highest BCUT2D eigenvalue weighted by Crippen LogP contribution is 2.38. The van der Waals surface area contributed by atoms with Crippen molar-refractivity contribution in [1.82, 2.24) is 0 Å². The van der Waals surface area contributed by atoms with Crippen molar-refractivity contribution in [1.29, 1.82) is 10.5 Å². The Kier molecular flexibility index (Phi) is 11.5. The summed E-state index contributed by atoms with van der Waals surface area (Å²) in [5.41, 5.74) is 0.207. The Labute approximate surface area is 335 Å². The van der Waals surface area contributed by atoms with Crippen molar-refractivity contribution in [2.75, 3.05) is 0 Å². The molecule has 0 aliphatic heterocycles. The molecule has 0 spiro atoms. The van der Waals surface area contributed by atoms with Gasteiger partial charge in [0.15, 0.2) is 0 Å². The zero-order valence-corrected chi connectivity index (χ0v) is 32.4. The number of benzene rings is 6. The van der Waals surface area contributed by atoms with Gasteiger partial charge in [0, 0.05) is 0 Å². The molecule has 6 aromatic carbocycles. The van der Waals surface area contributed by atoms with Crippen molar-refractivity contribution >= 4 is 53.3 Å². The van der Waals surface area contributed by atoms with Crippen LogP contribution < -0.4 is 18.9 Å². The Morgan fingerprint density at radius 2 is 0.772 bits per heavy atom. The number of sulfone groups is 1. The first-order valence-corrected chi connectivity index (χ1v) is 20.9. The van der Waals surface area contributed by atoms with Crippen LogP contribution in [0.3, 0.4) is 0 Å². The predicted molar refractivity (Wildman–Crippen MR) is 203 cm³/mol. The maximum atomic E-state index is 13.7. The van der Waals surface area contributed by atoms with Crippen LogP contribution in [-0.4, -0.2) is 34.4 Å². The van der Waals surface area contributed by atoms with Crippen molar-refractivity contribution in [2.24, 2.45) is 0 Å². The molecule has 288 valence electrons. The Morgan fingerprint density at radius 3 is 1.07 bits per heavy atom. The van der Waals surface area contributed by atoms with Crippen molar-refractivity contribution in [3.63, 3.8) is 0 Å². The Hall–Kier alpha value is -6.15. The summed E-state index contributed by atoms with van der Waals surface area (Å²) in [5, 5.41) is 19.1. The molecule has 0 bridgehead atoms. The molecule has 2 N–H and O–H groups in total. The van der Waals surface area contributed by atoms with Gasteiger partial charge in [0.2, 0.25) is 9.84 Å². The van der Waals surface area contributed by atoms with Gasteiger partial charge in [-0.2, -0.15) is 27.4 Å². The number of nitriles is 2. The summed E-state index contributed by atoms with van der Waals surface area (Å²) in [5.74, 6) is 0.0155. The van der Waals surface area contributed by atoms with Gasteiger partial charge in [-0.15, -0.1) is 0 Å². The van der Waals surface area contributed by atoms with E-state index in [9.17, 15) is 44.9 Å². The predicted octanol–water partition coefficient (Wildman–Crippen LogP) is 9.23. The lowest BCUT2D eigenvalue weighted by Crippen LogP contribution is -2.08. The molecular formula is C38H22Cl2N2O12S3. The molecule has 19 heteroatoms. The number of ether oxygens (including phenoxy) is 4. The molecule has 0 aliphatic rings. The molecule has 0 saturated carbocycles.